The van der Waals surface area contributed by atoms with E-state index in [-0.39, 0.29) is 6.10 Å². The van der Waals surface area contributed by atoms with Gasteiger partial charge in [-0.05, 0) is 43.5 Å². The highest BCUT2D eigenvalue weighted by atomic mass is 19.4. The van der Waals surface area contributed by atoms with Crippen molar-refractivity contribution in [3.63, 3.8) is 0 Å². The first-order valence-electron chi connectivity index (χ1n) is 11.6. The summed E-state index contributed by atoms with van der Waals surface area (Å²) in [7, 11) is 0. The zero-order valence-corrected chi connectivity index (χ0v) is 20.4. The minimum atomic E-state index is -5.08. The number of rotatable bonds is 6. The van der Waals surface area contributed by atoms with Gasteiger partial charge in [-0.2, -0.15) is 26.3 Å². The number of ether oxygens (including phenoxy) is 2. The van der Waals surface area contributed by atoms with Crippen LogP contribution in [0.4, 0.5) is 26.3 Å². The molecule has 0 aromatic carbocycles. The maximum atomic E-state index is 10.6. The van der Waals surface area contributed by atoms with Crippen LogP contribution in [0.5, 0.6) is 0 Å². The molecule has 2 aromatic heterocycles. The van der Waals surface area contributed by atoms with Crippen LogP contribution in [0.2, 0.25) is 0 Å². The summed E-state index contributed by atoms with van der Waals surface area (Å²) in [6.45, 7) is 3.22. The lowest BCUT2D eigenvalue weighted by molar-refractivity contribution is -0.193. The molecule has 2 aromatic rings. The number of likely N-dealkylation sites (tertiary alicyclic amines) is 1. The minimum Gasteiger partial charge on any atom is -0.475 e. The van der Waals surface area contributed by atoms with E-state index in [4.69, 9.17) is 29.3 Å². The Labute approximate surface area is 219 Å². The molecule has 0 unspecified atom stereocenters. The fraction of sp³-hybridized carbons (Fsp3) is 0.500. The lowest BCUT2D eigenvalue weighted by atomic mass is 9.99. The largest absolute Gasteiger partial charge is 0.490 e. The van der Waals surface area contributed by atoms with Crippen molar-refractivity contribution in [3.8, 4) is 0 Å². The molecule has 2 aliphatic rings. The standard InChI is InChI=1S/C20H25N3O2.2C2HF3O2/c1-3-10-21-16(5-1)13-23-12-9-20-19(23)8-7-18(25-20)15-24-14-17-6-2-4-11-22-17;2*3-2(4,5)1(6)7/h1-6,10-11,18-20H,7-9,12-15H2;2*(H,6,7)/t18-,19-,20-;;/m0../s1. The Morgan fingerprint density at radius 3 is 1.92 bits per heavy atom. The van der Waals surface area contributed by atoms with Gasteiger partial charge in [-0.15, -0.1) is 0 Å². The first kappa shape index (κ1) is 31.9. The predicted molar refractivity (Wildman–Crippen MR) is 122 cm³/mol. The molecule has 216 valence electrons. The van der Waals surface area contributed by atoms with E-state index in [0.29, 0.717) is 25.4 Å². The van der Waals surface area contributed by atoms with Gasteiger partial charge in [0.2, 0.25) is 0 Å². The molecule has 2 saturated heterocycles. The van der Waals surface area contributed by atoms with Crippen LogP contribution in [0.15, 0.2) is 48.8 Å². The summed E-state index contributed by atoms with van der Waals surface area (Å²) in [5.41, 5.74) is 2.11. The summed E-state index contributed by atoms with van der Waals surface area (Å²) >= 11 is 0. The topological polar surface area (TPSA) is 122 Å². The maximum Gasteiger partial charge on any atom is 0.490 e. The molecular weight excluding hydrogens is 540 g/mol. The third-order valence-corrected chi connectivity index (χ3v) is 5.61. The van der Waals surface area contributed by atoms with E-state index in [2.05, 4.69) is 27.0 Å². The Morgan fingerprint density at radius 1 is 0.897 bits per heavy atom. The molecule has 0 radical (unpaired) electrons. The van der Waals surface area contributed by atoms with E-state index in [1.807, 2.05) is 30.5 Å². The molecular formula is C24H27F6N3O6. The molecule has 0 aliphatic carbocycles. The second-order valence-corrected chi connectivity index (χ2v) is 8.46. The Morgan fingerprint density at radius 2 is 1.44 bits per heavy atom. The predicted octanol–water partition coefficient (Wildman–Crippen LogP) is 4.08. The third-order valence-electron chi connectivity index (χ3n) is 5.61. The van der Waals surface area contributed by atoms with Crippen molar-refractivity contribution in [3.05, 3.63) is 60.2 Å². The second-order valence-electron chi connectivity index (χ2n) is 8.46. The monoisotopic (exact) mass is 567 g/mol. The summed E-state index contributed by atoms with van der Waals surface area (Å²) in [4.78, 5) is 29.1. The lowest BCUT2D eigenvalue weighted by Crippen LogP contribution is -2.43. The van der Waals surface area contributed by atoms with E-state index in [0.717, 1.165) is 37.3 Å². The van der Waals surface area contributed by atoms with Gasteiger partial charge in [0.25, 0.3) is 0 Å². The van der Waals surface area contributed by atoms with Crippen molar-refractivity contribution < 1.29 is 55.6 Å². The van der Waals surface area contributed by atoms with Crippen molar-refractivity contribution >= 4 is 11.9 Å². The number of aromatic nitrogens is 2. The van der Waals surface area contributed by atoms with Gasteiger partial charge >= 0.3 is 24.3 Å². The minimum absolute atomic E-state index is 0.208. The van der Waals surface area contributed by atoms with Crippen LogP contribution in [-0.2, 0) is 32.2 Å². The van der Waals surface area contributed by atoms with Gasteiger partial charge in [-0.3, -0.25) is 14.9 Å². The average molecular weight is 567 g/mol. The highest BCUT2D eigenvalue weighted by Gasteiger charge is 2.40. The normalized spacial score (nSPS) is 21.0. The number of carboxylic acids is 2. The van der Waals surface area contributed by atoms with Crippen LogP contribution in [-0.4, -0.2) is 80.8 Å². The third kappa shape index (κ3) is 11.5. The Hall–Kier alpha value is -3.30. The fourth-order valence-corrected chi connectivity index (χ4v) is 3.88. The molecule has 2 N–H and O–H groups in total. The number of hydrogen-bond donors (Lipinski definition) is 2. The molecule has 3 atom stereocenters. The van der Waals surface area contributed by atoms with E-state index in [9.17, 15) is 26.3 Å². The molecule has 0 spiro atoms. The summed E-state index contributed by atoms with van der Waals surface area (Å²) in [5.74, 6) is -5.51. The van der Waals surface area contributed by atoms with E-state index >= 15 is 0 Å². The van der Waals surface area contributed by atoms with Crippen LogP contribution >= 0.6 is 0 Å². The molecule has 39 heavy (non-hydrogen) atoms. The van der Waals surface area contributed by atoms with Gasteiger partial charge in [0, 0.05) is 31.5 Å². The van der Waals surface area contributed by atoms with Crippen LogP contribution in [0, 0.1) is 0 Å². The van der Waals surface area contributed by atoms with Crippen molar-refractivity contribution in [2.75, 3.05) is 13.2 Å². The molecule has 4 rings (SSSR count). The molecule has 0 bridgehead atoms. The summed E-state index contributed by atoms with van der Waals surface area (Å²) in [6.07, 6.45) is -2.61. The lowest BCUT2D eigenvalue weighted by Gasteiger charge is -2.35. The molecule has 4 heterocycles. The number of pyridine rings is 2. The van der Waals surface area contributed by atoms with E-state index < -0.39 is 24.3 Å². The first-order chi connectivity index (χ1) is 18.3. The zero-order valence-electron chi connectivity index (χ0n) is 20.4. The van der Waals surface area contributed by atoms with E-state index in [1.54, 1.807) is 6.20 Å². The Bertz CT molecular complexity index is 1000. The quantitative estimate of drug-likeness (QED) is 0.498. The zero-order chi connectivity index (χ0) is 29.1. The van der Waals surface area contributed by atoms with Gasteiger partial charge in [0.15, 0.2) is 0 Å². The molecule has 9 nitrogen and oxygen atoms in total. The van der Waals surface area contributed by atoms with Crippen molar-refractivity contribution in [2.45, 2.75) is 63.0 Å². The number of hydrogen-bond acceptors (Lipinski definition) is 7. The SMILES string of the molecule is O=C(O)C(F)(F)F.O=C(O)C(F)(F)F.c1ccc(COC[C@@H]2CC[C@H]3[C@H](CCN3Cc3ccccn3)O2)nc1. The second kappa shape index (κ2) is 14.7. The maximum absolute atomic E-state index is 10.6. The highest BCUT2D eigenvalue weighted by Crippen LogP contribution is 2.32. The summed E-state index contributed by atoms with van der Waals surface area (Å²) < 4.78 is 75.6. The van der Waals surface area contributed by atoms with Crippen LogP contribution in [0.25, 0.3) is 0 Å². The number of nitrogens with zero attached hydrogens (tertiary/aromatic N) is 3. The van der Waals surface area contributed by atoms with Gasteiger partial charge in [-0.1, -0.05) is 12.1 Å². The Kier molecular flexibility index (Phi) is 12.1. The van der Waals surface area contributed by atoms with Crippen LogP contribution < -0.4 is 0 Å². The number of carboxylic acid groups (broad SMARTS) is 2. The first-order valence-corrected chi connectivity index (χ1v) is 11.6. The van der Waals surface area contributed by atoms with Crippen molar-refractivity contribution in [1.82, 2.24) is 14.9 Å². The average Bonchev–Trinajstić information content (AvgIpc) is 3.27. The smallest absolute Gasteiger partial charge is 0.475 e. The molecule has 2 aliphatic heterocycles. The number of alkyl halides is 6. The van der Waals surface area contributed by atoms with Gasteiger partial charge in [-0.25, -0.2) is 9.59 Å². The molecule has 15 heteroatoms. The van der Waals surface area contributed by atoms with Crippen molar-refractivity contribution in [1.29, 1.82) is 0 Å². The number of halogens is 6. The van der Waals surface area contributed by atoms with Gasteiger partial charge in [0.05, 0.1) is 36.8 Å². The molecule has 0 amide bonds. The molecule has 2 fully saturated rings. The number of carbonyl (C=O) groups is 2. The summed E-state index contributed by atoms with van der Waals surface area (Å²) in [5, 5.41) is 14.2. The van der Waals surface area contributed by atoms with Gasteiger partial charge in [0.1, 0.15) is 0 Å². The van der Waals surface area contributed by atoms with Crippen LogP contribution in [0.3, 0.4) is 0 Å². The Balaban J connectivity index is 0.000000317. The van der Waals surface area contributed by atoms with Crippen molar-refractivity contribution in [2.24, 2.45) is 0 Å². The fourth-order valence-electron chi connectivity index (χ4n) is 3.88. The van der Waals surface area contributed by atoms with Crippen LogP contribution in [0.1, 0.15) is 30.7 Å². The highest BCUT2D eigenvalue weighted by molar-refractivity contribution is 5.73. The number of fused-ring (bicyclic) bond motifs is 1. The number of aliphatic carboxylic acids is 2. The molecule has 0 saturated carbocycles. The summed E-state index contributed by atoms with van der Waals surface area (Å²) in [6, 6.07) is 12.6. The van der Waals surface area contributed by atoms with Gasteiger partial charge < -0.3 is 19.7 Å². The van der Waals surface area contributed by atoms with E-state index in [1.165, 1.54) is 6.42 Å².